The molecule has 2 aliphatic rings. The predicted molar refractivity (Wildman–Crippen MR) is 156 cm³/mol. The van der Waals surface area contributed by atoms with Crippen LogP contribution in [-0.4, -0.2) is 23.4 Å². The van der Waals surface area contributed by atoms with Crippen molar-refractivity contribution in [3.05, 3.63) is 119 Å². The van der Waals surface area contributed by atoms with E-state index in [-0.39, 0.29) is 30.3 Å². The molecule has 0 fully saturated rings. The van der Waals surface area contributed by atoms with E-state index in [1.54, 1.807) is 11.0 Å². The molecule has 0 radical (unpaired) electrons. The molecule has 1 amide bonds. The third-order valence-corrected chi connectivity index (χ3v) is 7.17. The van der Waals surface area contributed by atoms with Gasteiger partial charge in [-0.2, -0.15) is 0 Å². The van der Waals surface area contributed by atoms with Crippen LogP contribution in [0.5, 0.6) is 0 Å². The number of esters is 1. The summed E-state index contributed by atoms with van der Waals surface area (Å²) in [6.07, 6.45) is 19.7. The van der Waals surface area contributed by atoms with Crippen molar-refractivity contribution in [2.45, 2.75) is 66.8 Å². The molecule has 0 aromatic heterocycles. The van der Waals surface area contributed by atoms with E-state index in [1.165, 1.54) is 42.1 Å². The number of allylic oxidation sites excluding steroid dienone is 10. The summed E-state index contributed by atoms with van der Waals surface area (Å²) in [6.45, 7) is 15.6. The number of amides is 1. The third kappa shape index (κ3) is 8.44. The van der Waals surface area contributed by atoms with Gasteiger partial charge in [0, 0.05) is 11.8 Å². The number of ether oxygens (including phenoxy) is 1. The van der Waals surface area contributed by atoms with Crippen molar-refractivity contribution in [1.82, 2.24) is 4.90 Å². The zero-order valence-electron chi connectivity index (χ0n) is 23.5. The molecule has 4 nitrogen and oxygen atoms in total. The SMILES string of the molecule is C=C1C=CC(=O)N1Cc1ccc(CC(=O)OC/C=C(C)/C=C/C=C(C)/C=C/C2=C(C)CCCC2(C)C)cc1. The smallest absolute Gasteiger partial charge is 0.310 e. The van der Waals surface area contributed by atoms with Gasteiger partial charge < -0.3 is 9.64 Å². The Morgan fingerprint density at radius 3 is 2.45 bits per heavy atom. The second-order valence-electron chi connectivity index (χ2n) is 10.9. The van der Waals surface area contributed by atoms with Crippen LogP contribution in [0, 0.1) is 5.41 Å². The quantitative estimate of drug-likeness (QED) is 0.239. The first-order chi connectivity index (χ1) is 18.0. The Hall–Kier alpha value is -3.66. The Labute approximate surface area is 228 Å². The molecule has 0 spiro atoms. The van der Waals surface area contributed by atoms with E-state index in [0.717, 1.165) is 16.7 Å². The van der Waals surface area contributed by atoms with E-state index in [4.69, 9.17) is 4.74 Å². The summed E-state index contributed by atoms with van der Waals surface area (Å²) in [6, 6.07) is 7.64. The lowest BCUT2D eigenvalue weighted by atomic mass is 9.72. The highest BCUT2D eigenvalue weighted by atomic mass is 16.5. The highest BCUT2D eigenvalue weighted by Gasteiger charge is 2.26. The molecule has 200 valence electrons. The van der Waals surface area contributed by atoms with E-state index in [2.05, 4.69) is 52.5 Å². The minimum absolute atomic E-state index is 0.0597. The lowest BCUT2D eigenvalue weighted by Gasteiger charge is -2.32. The first-order valence-corrected chi connectivity index (χ1v) is 13.4. The third-order valence-electron chi connectivity index (χ3n) is 7.17. The standard InChI is InChI=1S/C34H41NO3/c1-25(12-18-31-27(3)11-8-21-34(31,5)6)9-7-10-26(2)20-22-38-33(37)23-29-14-16-30(17-15-29)24-35-28(4)13-19-32(35)36/h7,9-10,12-20H,4,8,11,21-24H2,1-3,5-6H3/b10-7+,18-12+,25-9+,26-20+. The Morgan fingerprint density at radius 2 is 1.79 bits per heavy atom. The second-order valence-corrected chi connectivity index (χ2v) is 10.9. The first kappa shape index (κ1) is 28.9. The van der Waals surface area contributed by atoms with E-state index in [9.17, 15) is 9.59 Å². The van der Waals surface area contributed by atoms with Gasteiger partial charge in [-0.25, -0.2) is 0 Å². The van der Waals surface area contributed by atoms with Gasteiger partial charge in [-0.3, -0.25) is 9.59 Å². The van der Waals surface area contributed by atoms with Crippen molar-refractivity contribution in [2.24, 2.45) is 5.41 Å². The highest BCUT2D eigenvalue weighted by Crippen LogP contribution is 2.40. The van der Waals surface area contributed by atoms with E-state index in [1.807, 2.05) is 49.4 Å². The molecule has 1 heterocycles. The molecule has 0 saturated carbocycles. The number of nitrogens with zero attached hydrogens (tertiary/aromatic N) is 1. The second kappa shape index (κ2) is 13.2. The van der Waals surface area contributed by atoms with Crippen molar-refractivity contribution in [1.29, 1.82) is 0 Å². The summed E-state index contributed by atoms with van der Waals surface area (Å²) in [5, 5.41) is 0. The minimum Gasteiger partial charge on any atom is -0.461 e. The summed E-state index contributed by atoms with van der Waals surface area (Å²) < 4.78 is 5.39. The molecular formula is C34H41NO3. The van der Waals surface area contributed by atoms with Crippen molar-refractivity contribution < 1.29 is 14.3 Å². The topological polar surface area (TPSA) is 46.6 Å². The van der Waals surface area contributed by atoms with Crippen LogP contribution in [0.1, 0.15) is 65.0 Å². The fourth-order valence-corrected chi connectivity index (χ4v) is 4.80. The van der Waals surface area contributed by atoms with Gasteiger partial charge in [0.15, 0.2) is 0 Å². The summed E-state index contributed by atoms with van der Waals surface area (Å²) in [5.74, 6) is -0.329. The molecule has 3 rings (SSSR count). The van der Waals surface area contributed by atoms with Gasteiger partial charge in [-0.1, -0.05) is 91.8 Å². The molecule has 0 unspecified atom stereocenters. The highest BCUT2D eigenvalue weighted by molar-refractivity contribution is 5.92. The molecule has 0 N–H and O–H groups in total. The summed E-state index contributed by atoms with van der Waals surface area (Å²) in [5.41, 5.74) is 8.00. The largest absolute Gasteiger partial charge is 0.461 e. The van der Waals surface area contributed by atoms with Crippen molar-refractivity contribution in [3.63, 3.8) is 0 Å². The van der Waals surface area contributed by atoms with Crippen molar-refractivity contribution >= 4 is 11.9 Å². The number of rotatable bonds is 10. The van der Waals surface area contributed by atoms with Crippen LogP contribution < -0.4 is 0 Å². The predicted octanol–water partition coefficient (Wildman–Crippen LogP) is 7.72. The molecule has 1 aliphatic heterocycles. The van der Waals surface area contributed by atoms with Crippen molar-refractivity contribution in [2.75, 3.05) is 6.61 Å². The van der Waals surface area contributed by atoms with Gasteiger partial charge in [0.2, 0.25) is 0 Å². The first-order valence-electron chi connectivity index (χ1n) is 13.4. The van der Waals surface area contributed by atoms with Gasteiger partial charge in [-0.15, -0.1) is 0 Å². The van der Waals surface area contributed by atoms with Crippen molar-refractivity contribution in [3.8, 4) is 0 Å². The lowest BCUT2D eigenvalue weighted by Crippen LogP contribution is -2.22. The molecule has 4 heteroatoms. The number of carbonyl (C=O) groups is 2. The lowest BCUT2D eigenvalue weighted by molar-refractivity contribution is -0.141. The number of hydrogen-bond acceptors (Lipinski definition) is 3. The fourth-order valence-electron chi connectivity index (χ4n) is 4.80. The van der Waals surface area contributed by atoms with Gasteiger partial charge in [0.05, 0.1) is 13.0 Å². The van der Waals surface area contributed by atoms with E-state index >= 15 is 0 Å². The monoisotopic (exact) mass is 511 g/mol. The molecule has 0 saturated heterocycles. The average molecular weight is 512 g/mol. The van der Waals surface area contributed by atoms with Crippen LogP contribution in [0.25, 0.3) is 0 Å². The van der Waals surface area contributed by atoms with Crippen LogP contribution in [0.2, 0.25) is 0 Å². The normalized spacial score (nSPS) is 18.4. The minimum atomic E-state index is -0.269. The molecular weight excluding hydrogens is 470 g/mol. The van der Waals surface area contributed by atoms with Crippen LogP contribution in [0.4, 0.5) is 0 Å². The Morgan fingerprint density at radius 1 is 1.08 bits per heavy atom. The molecule has 1 aromatic rings. The zero-order chi connectivity index (χ0) is 27.7. The molecule has 0 bridgehead atoms. The van der Waals surface area contributed by atoms with Gasteiger partial charge in [-0.05, 0) is 74.3 Å². The van der Waals surface area contributed by atoms with Crippen LogP contribution in [0.3, 0.4) is 0 Å². The van der Waals surface area contributed by atoms with Crippen LogP contribution in [-0.2, 0) is 27.3 Å². The van der Waals surface area contributed by atoms with E-state index in [0.29, 0.717) is 12.2 Å². The zero-order valence-corrected chi connectivity index (χ0v) is 23.5. The Bertz CT molecular complexity index is 1210. The molecule has 38 heavy (non-hydrogen) atoms. The summed E-state index contributed by atoms with van der Waals surface area (Å²) >= 11 is 0. The fraction of sp³-hybridized carbons (Fsp3) is 0.353. The maximum atomic E-state index is 12.3. The summed E-state index contributed by atoms with van der Waals surface area (Å²) in [7, 11) is 0. The number of carbonyl (C=O) groups excluding carboxylic acids is 2. The van der Waals surface area contributed by atoms with Gasteiger partial charge in [0.1, 0.15) is 6.61 Å². The van der Waals surface area contributed by atoms with Crippen LogP contribution >= 0.6 is 0 Å². The molecule has 1 aliphatic carbocycles. The maximum absolute atomic E-state index is 12.3. The van der Waals surface area contributed by atoms with Gasteiger partial charge >= 0.3 is 5.97 Å². The van der Waals surface area contributed by atoms with Crippen LogP contribution in [0.15, 0.2) is 107 Å². The van der Waals surface area contributed by atoms with Gasteiger partial charge in [0.25, 0.3) is 5.91 Å². The average Bonchev–Trinajstić information content (AvgIpc) is 3.16. The molecule has 1 aromatic carbocycles. The Balaban J connectivity index is 1.43. The number of benzene rings is 1. The molecule has 0 atom stereocenters. The van der Waals surface area contributed by atoms with E-state index < -0.39 is 0 Å². The number of hydrogen-bond donors (Lipinski definition) is 0. The summed E-state index contributed by atoms with van der Waals surface area (Å²) in [4.78, 5) is 25.7. The maximum Gasteiger partial charge on any atom is 0.310 e. The Kier molecular flexibility index (Phi) is 10.1.